The van der Waals surface area contributed by atoms with E-state index in [-0.39, 0.29) is 31.2 Å². The van der Waals surface area contributed by atoms with Gasteiger partial charge in [-0.1, -0.05) is 6.07 Å². The lowest BCUT2D eigenvalue weighted by Crippen LogP contribution is -2.28. The predicted molar refractivity (Wildman–Crippen MR) is 124 cm³/mol. The van der Waals surface area contributed by atoms with Gasteiger partial charge in [-0.15, -0.1) is 0 Å². The molecule has 0 amide bonds. The number of hydrogen-bond donors (Lipinski definition) is 3. The lowest BCUT2D eigenvalue weighted by molar-refractivity contribution is 0.175. The monoisotopic (exact) mass is 444 g/mol. The van der Waals surface area contributed by atoms with E-state index >= 15 is 0 Å². The molecule has 8 nitrogen and oxygen atoms in total. The fourth-order valence-corrected chi connectivity index (χ4v) is 4.40. The third-order valence-corrected chi connectivity index (χ3v) is 5.92. The lowest BCUT2D eigenvalue weighted by Gasteiger charge is -2.27. The molecule has 0 aromatic heterocycles. The van der Waals surface area contributed by atoms with Gasteiger partial charge in [0.15, 0.2) is 11.5 Å². The van der Waals surface area contributed by atoms with Crippen LogP contribution in [0.2, 0.25) is 0 Å². The van der Waals surface area contributed by atoms with E-state index in [1.807, 2.05) is 19.2 Å². The number of anilines is 1. The number of likely N-dealkylation sites (N-methyl/N-ethyl adjacent to an activating group) is 1. The highest BCUT2D eigenvalue weighted by Crippen LogP contribution is 2.50. The van der Waals surface area contributed by atoms with Crippen LogP contribution in [0, 0.1) is 0 Å². The van der Waals surface area contributed by atoms with Crippen molar-refractivity contribution in [1.82, 2.24) is 4.90 Å². The van der Waals surface area contributed by atoms with E-state index in [9.17, 15) is 15.0 Å². The molecule has 0 spiro atoms. The maximum absolute atomic E-state index is 13.0. The minimum atomic E-state index is -0.162. The summed E-state index contributed by atoms with van der Waals surface area (Å²) in [6.45, 7) is 0.704. The van der Waals surface area contributed by atoms with Crippen LogP contribution >= 0.6 is 0 Å². The van der Waals surface area contributed by atoms with Crippen molar-refractivity contribution in [2.75, 3.05) is 60.0 Å². The van der Waals surface area contributed by atoms with Crippen LogP contribution in [0.25, 0.3) is 11.1 Å². The van der Waals surface area contributed by atoms with Crippen LogP contribution < -0.4 is 25.0 Å². The molecular weight excluding hydrogens is 412 g/mol. The minimum Gasteiger partial charge on any atom is -0.493 e. The van der Waals surface area contributed by atoms with Crippen molar-refractivity contribution in [3.05, 3.63) is 45.6 Å². The number of fused-ring (bicyclic) bond motifs is 3. The third kappa shape index (κ3) is 4.53. The van der Waals surface area contributed by atoms with E-state index < -0.39 is 0 Å². The van der Waals surface area contributed by atoms with Gasteiger partial charge in [-0.2, -0.15) is 0 Å². The predicted octanol–water partition coefficient (Wildman–Crippen LogP) is 2.06. The Kier molecular flexibility index (Phi) is 7.95. The summed E-state index contributed by atoms with van der Waals surface area (Å²) in [5.41, 5.74) is 3.86. The fraction of sp³-hybridized carbons (Fsp3) is 0.458. The number of aliphatic hydroxyl groups excluding tert-OH is 2. The average Bonchev–Trinajstić information content (AvgIpc) is 3.04. The Morgan fingerprint density at radius 2 is 1.81 bits per heavy atom. The smallest absolute Gasteiger partial charge is 0.203 e. The van der Waals surface area contributed by atoms with Crippen molar-refractivity contribution in [2.24, 2.45) is 0 Å². The number of rotatable bonds is 9. The van der Waals surface area contributed by atoms with E-state index in [4.69, 9.17) is 14.2 Å². The Morgan fingerprint density at radius 3 is 2.44 bits per heavy atom. The first-order valence-corrected chi connectivity index (χ1v) is 10.7. The molecular formula is C24H32N2O6. The lowest BCUT2D eigenvalue weighted by atomic mass is 9.95. The maximum atomic E-state index is 13.0. The Hall–Kier alpha value is -2.81. The number of hydrogen-bond acceptors (Lipinski definition) is 8. The standard InChI is InChI=1S/C24H32N2O6/c1-26(10-12-28)19-8-5-15-13-21(30-2)23(31-3)24(32-4)22(15)16-6-7-18(25-9-11-27)20(29)14-17(16)19/h6-7,13-14,19,27-28H,5,8-12H2,1-4H3,(H,25,29). The van der Waals surface area contributed by atoms with Crippen LogP contribution in [0.3, 0.4) is 0 Å². The fourth-order valence-electron chi connectivity index (χ4n) is 4.40. The molecule has 2 aromatic rings. The van der Waals surface area contributed by atoms with Crippen molar-refractivity contribution in [2.45, 2.75) is 18.9 Å². The summed E-state index contributed by atoms with van der Waals surface area (Å²) in [6.07, 6.45) is 1.48. The summed E-state index contributed by atoms with van der Waals surface area (Å²) >= 11 is 0. The first-order valence-electron chi connectivity index (χ1n) is 10.7. The highest BCUT2D eigenvalue weighted by molar-refractivity contribution is 5.83. The molecule has 0 saturated heterocycles. The zero-order valence-corrected chi connectivity index (χ0v) is 19.1. The van der Waals surface area contributed by atoms with E-state index in [2.05, 4.69) is 10.2 Å². The van der Waals surface area contributed by atoms with Crippen molar-refractivity contribution in [3.8, 4) is 28.4 Å². The van der Waals surface area contributed by atoms with Crippen LogP contribution in [0.1, 0.15) is 23.6 Å². The summed E-state index contributed by atoms with van der Waals surface area (Å²) in [5, 5.41) is 21.7. The van der Waals surface area contributed by atoms with Crippen LogP contribution in [0.5, 0.6) is 17.2 Å². The Bertz CT molecular complexity index is 1010. The summed E-state index contributed by atoms with van der Waals surface area (Å²) in [7, 11) is 6.70. The number of nitrogens with one attached hydrogen (secondary N) is 1. The van der Waals surface area contributed by atoms with Gasteiger partial charge in [0.25, 0.3) is 0 Å². The van der Waals surface area contributed by atoms with Crippen molar-refractivity contribution < 1.29 is 24.4 Å². The Balaban J connectivity index is 2.35. The van der Waals surface area contributed by atoms with Gasteiger partial charge in [0.2, 0.25) is 11.2 Å². The first kappa shape index (κ1) is 23.8. The highest BCUT2D eigenvalue weighted by atomic mass is 16.5. The molecule has 174 valence electrons. The molecule has 1 unspecified atom stereocenters. The molecule has 1 aliphatic carbocycles. The zero-order valence-electron chi connectivity index (χ0n) is 19.1. The van der Waals surface area contributed by atoms with Crippen LogP contribution in [-0.2, 0) is 6.42 Å². The molecule has 32 heavy (non-hydrogen) atoms. The zero-order chi connectivity index (χ0) is 23.3. The molecule has 0 heterocycles. The Labute approximate surface area is 188 Å². The molecule has 0 bridgehead atoms. The number of nitrogens with zero attached hydrogens (tertiary/aromatic N) is 1. The molecule has 0 aliphatic heterocycles. The third-order valence-electron chi connectivity index (χ3n) is 5.92. The average molecular weight is 445 g/mol. The number of benzene rings is 1. The number of methoxy groups -OCH3 is 3. The molecule has 1 aliphatic rings. The van der Waals surface area contributed by atoms with E-state index in [0.29, 0.717) is 29.5 Å². The summed E-state index contributed by atoms with van der Waals surface area (Å²) in [4.78, 5) is 15.1. The van der Waals surface area contributed by atoms with Gasteiger partial charge in [0.05, 0.1) is 40.2 Å². The molecule has 3 rings (SSSR count). The Morgan fingerprint density at radius 1 is 1.06 bits per heavy atom. The van der Waals surface area contributed by atoms with Gasteiger partial charge in [0.1, 0.15) is 0 Å². The summed E-state index contributed by atoms with van der Waals surface area (Å²) in [5.74, 6) is 1.63. The van der Waals surface area contributed by atoms with Crippen molar-refractivity contribution in [3.63, 3.8) is 0 Å². The second-order valence-electron chi connectivity index (χ2n) is 7.71. The summed E-state index contributed by atoms with van der Waals surface area (Å²) in [6, 6.07) is 7.18. The van der Waals surface area contributed by atoms with Crippen LogP contribution in [-0.4, -0.2) is 69.8 Å². The maximum Gasteiger partial charge on any atom is 0.203 e. The SMILES string of the molecule is COc1cc2c(c(OC)c1OC)-c1ccc(NCCO)c(=O)cc1C(N(C)CCO)CC2. The molecule has 0 radical (unpaired) electrons. The second-order valence-corrected chi connectivity index (χ2v) is 7.71. The molecule has 2 aromatic carbocycles. The second kappa shape index (κ2) is 10.7. The number of aryl methyl sites for hydroxylation is 1. The number of ether oxygens (including phenoxy) is 3. The van der Waals surface area contributed by atoms with Gasteiger partial charge in [0, 0.05) is 24.7 Å². The quantitative estimate of drug-likeness (QED) is 0.540. The first-order chi connectivity index (χ1) is 15.5. The highest BCUT2D eigenvalue weighted by Gasteiger charge is 2.30. The van der Waals surface area contributed by atoms with Crippen molar-refractivity contribution >= 4 is 5.69 Å². The van der Waals surface area contributed by atoms with Gasteiger partial charge >= 0.3 is 0 Å². The van der Waals surface area contributed by atoms with E-state index in [0.717, 1.165) is 35.1 Å². The van der Waals surface area contributed by atoms with Gasteiger partial charge in [-0.05, 0) is 54.8 Å². The van der Waals surface area contributed by atoms with E-state index in [1.165, 1.54) is 0 Å². The number of aliphatic hydroxyl groups is 2. The normalized spacial score (nSPS) is 14.9. The molecule has 1 atom stereocenters. The molecule has 0 fully saturated rings. The topological polar surface area (TPSA) is 100 Å². The minimum absolute atomic E-state index is 0.0206. The van der Waals surface area contributed by atoms with E-state index in [1.54, 1.807) is 33.5 Å². The molecule has 3 N–H and O–H groups in total. The van der Waals surface area contributed by atoms with Gasteiger partial charge in [-0.25, -0.2) is 0 Å². The largest absolute Gasteiger partial charge is 0.493 e. The molecule has 8 heteroatoms. The van der Waals surface area contributed by atoms with Gasteiger partial charge in [-0.3, -0.25) is 9.69 Å². The summed E-state index contributed by atoms with van der Waals surface area (Å²) < 4.78 is 17.0. The van der Waals surface area contributed by atoms with Gasteiger partial charge < -0.3 is 29.7 Å². The molecule has 0 saturated carbocycles. The van der Waals surface area contributed by atoms with Crippen molar-refractivity contribution in [1.29, 1.82) is 0 Å². The van der Waals surface area contributed by atoms with Crippen LogP contribution in [0.15, 0.2) is 29.1 Å². The van der Waals surface area contributed by atoms with Crippen LogP contribution in [0.4, 0.5) is 5.69 Å².